The SMILES string of the molecule is CCC(C)(Cc1ccc(S(C)(=O)=O)cc1)NCCCCN1CCCN(C(=O)C(F)(F)F)CC1=O. The molecular formula is C23H34F3N3O4S. The first-order valence-electron chi connectivity index (χ1n) is 11.4. The van der Waals surface area contributed by atoms with Crippen molar-refractivity contribution in [2.45, 2.75) is 62.6 Å². The van der Waals surface area contributed by atoms with Crippen LogP contribution in [0.3, 0.4) is 0 Å². The Hall–Kier alpha value is -2.14. The summed E-state index contributed by atoms with van der Waals surface area (Å²) in [6.07, 6.45) is -0.431. The minimum absolute atomic E-state index is 0.0812. The third-order valence-corrected chi connectivity index (χ3v) is 7.33. The van der Waals surface area contributed by atoms with Crippen LogP contribution < -0.4 is 5.32 Å². The smallest absolute Gasteiger partial charge is 0.341 e. The number of rotatable bonds is 10. The van der Waals surface area contributed by atoms with E-state index in [1.54, 1.807) is 12.1 Å². The van der Waals surface area contributed by atoms with Crippen LogP contribution in [-0.4, -0.2) is 80.7 Å². The Morgan fingerprint density at radius 2 is 1.76 bits per heavy atom. The number of hydrogen-bond donors (Lipinski definition) is 1. The second-order valence-electron chi connectivity index (χ2n) is 9.10. The van der Waals surface area contributed by atoms with E-state index in [4.69, 9.17) is 0 Å². The van der Waals surface area contributed by atoms with Gasteiger partial charge in [-0.1, -0.05) is 19.1 Å². The highest BCUT2D eigenvalue weighted by Gasteiger charge is 2.43. The van der Waals surface area contributed by atoms with Gasteiger partial charge in [-0.05, 0) is 63.3 Å². The molecule has 0 aromatic heterocycles. The van der Waals surface area contributed by atoms with Gasteiger partial charge in [-0.3, -0.25) is 9.59 Å². The van der Waals surface area contributed by atoms with Gasteiger partial charge in [-0.15, -0.1) is 0 Å². The lowest BCUT2D eigenvalue weighted by molar-refractivity contribution is -0.185. The molecule has 1 aromatic rings. The van der Waals surface area contributed by atoms with E-state index in [2.05, 4.69) is 19.2 Å². The van der Waals surface area contributed by atoms with Crippen molar-refractivity contribution in [2.75, 3.05) is 39.0 Å². The summed E-state index contributed by atoms with van der Waals surface area (Å²) in [7, 11) is -3.23. The monoisotopic (exact) mass is 505 g/mol. The average Bonchev–Trinajstić information content (AvgIpc) is 2.93. The second-order valence-corrected chi connectivity index (χ2v) is 11.1. The van der Waals surface area contributed by atoms with Crippen LogP contribution in [0.25, 0.3) is 0 Å². The molecule has 0 bridgehead atoms. The van der Waals surface area contributed by atoms with E-state index in [0.717, 1.165) is 24.8 Å². The molecule has 11 heteroatoms. The molecule has 0 aliphatic carbocycles. The molecule has 1 fully saturated rings. The molecular weight excluding hydrogens is 471 g/mol. The number of unbranched alkanes of at least 4 members (excludes halogenated alkanes) is 1. The Labute approximate surface area is 199 Å². The van der Waals surface area contributed by atoms with Crippen LogP contribution in [0.2, 0.25) is 0 Å². The summed E-state index contributed by atoms with van der Waals surface area (Å²) in [5, 5.41) is 3.54. The average molecular weight is 506 g/mol. The van der Waals surface area contributed by atoms with Crippen molar-refractivity contribution in [1.29, 1.82) is 0 Å². The van der Waals surface area contributed by atoms with Gasteiger partial charge in [0.25, 0.3) is 0 Å². The Balaban J connectivity index is 1.79. The Kier molecular flexibility index (Phi) is 9.53. The lowest BCUT2D eigenvalue weighted by Gasteiger charge is -2.30. The van der Waals surface area contributed by atoms with E-state index < -0.39 is 34.4 Å². The van der Waals surface area contributed by atoms with Crippen LogP contribution in [-0.2, 0) is 25.8 Å². The number of carbonyl (C=O) groups excluding carboxylic acids is 2. The zero-order chi connectivity index (χ0) is 25.6. The summed E-state index contributed by atoms with van der Waals surface area (Å²) in [6, 6.07) is 6.87. The summed E-state index contributed by atoms with van der Waals surface area (Å²) in [5.41, 5.74) is 0.834. The van der Waals surface area contributed by atoms with Crippen LogP contribution >= 0.6 is 0 Å². The molecule has 7 nitrogen and oxygen atoms in total. The van der Waals surface area contributed by atoms with Crippen molar-refractivity contribution in [3.8, 4) is 0 Å². The van der Waals surface area contributed by atoms with Gasteiger partial charge < -0.3 is 15.1 Å². The highest BCUT2D eigenvalue weighted by molar-refractivity contribution is 7.90. The predicted octanol–water partition coefficient (Wildman–Crippen LogP) is 2.79. The molecule has 1 heterocycles. The van der Waals surface area contributed by atoms with E-state index in [1.807, 2.05) is 12.1 Å². The summed E-state index contributed by atoms with van der Waals surface area (Å²) >= 11 is 0. The van der Waals surface area contributed by atoms with Crippen LogP contribution in [0.4, 0.5) is 13.2 Å². The molecule has 0 spiro atoms. The Morgan fingerprint density at radius 1 is 1.12 bits per heavy atom. The Bertz CT molecular complexity index is 951. The van der Waals surface area contributed by atoms with E-state index >= 15 is 0 Å². The van der Waals surface area contributed by atoms with Crippen molar-refractivity contribution >= 4 is 21.7 Å². The van der Waals surface area contributed by atoms with Gasteiger partial charge in [0.2, 0.25) is 5.91 Å². The quantitative estimate of drug-likeness (QED) is 0.494. The van der Waals surface area contributed by atoms with E-state index in [0.29, 0.717) is 37.4 Å². The number of nitrogens with one attached hydrogen (secondary N) is 1. The van der Waals surface area contributed by atoms with Crippen LogP contribution in [0.15, 0.2) is 29.2 Å². The zero-order valence-electron chi connectivity index (χ0n) is 20.0. The molecule has 1 saturated heterocycles. The summed E-state index contributed by atoms with van der Waals surface area (Å²) in [5.74, 6) is -2.42. The fraction of sp³-hybridized carbons (Fsp3) is 0.652. The molecule has 0 radical (unpaired) electrons. The van der Waals surface area contributed by atoms with Gasteiger partial charge >= 0.3 is 12.1 Å². The molecule has 34 heavy (non-hydrogen) atoms. The van der Waals surface area contributed by atoms with E-state index in [1.165, 1.54) is 11.2 Å². The zero-order valence-corrected chi connectivity index (χ0v) is 20.8. The summed E-state index contributed by atoms with van der Waals surface area (Å²) in [4.78, 5) is 26.2. The first-order valence-corrected chi connectivity index (χ1v) is 13.3. The van der Waals surface area contributed by atoms with Gasteiger partial charge in [0, 0.05) is 31.4 Å². The fourth-order valence-corrected chi connectivity index (χ4v) is 4.57. The van der Waals surface area contributed by atoms with Crippen molar-refractivity contribution < 1.29 is 31.2 Å². The van der Waals surface area contributed by atoms with Crippen molar-refractivity contribution in [2.24, 2.45) is 0 Å². The summed E-state index contributed by atoms with van der Waals surface area (Å²) in [6.45, 7) is 5.02. The number of sulfone groups is 1. The minimum atomic E-state index is -4.97. The predicted molar refractivity (Wildman–Crippen MR) is 123 cm³/mol. The highest BCUT2D eigenvalue weighted by Crippen LogP contribution is 2.21. The summed E-state index contributed by atoms with van der Waals surface area (Å²) < 4.78 is 61.2. The molecule has 0 saturated carbocycles. The topological polar surface area (TPSA) is 86.8 Å². The largest absolute Gasteiger partial charge is 0.471 e. The maximum absolute atomic E-state index is 12.7. The number of amides is 2. The lowest BCUT2D eigenvalue weighted by atomic mass is 9.90. The third-order valence-electron chi connectivity index (χ3n) is 6.20. The van der Waals surface area contributed by atoms with Gasteiger partial charge in [0.15, 0.2) is 9.84 Å². The van der Waals surface area contributed by atoms with Gasteiger partial charge in [-0.25, -0.2) is 8.42 Å². The normalized spacial score (nSPS) is 17.4. The third kappa shape index (κ3) is 8.26. The fourth-order valence-electron chi connectivity index (χ4n) is 3.94. The number of halogens is 3. The van der Waals surface area contributed by atoms with Crippen LogP contribution in [0.1, 0.15) is 45.1 Å². The highest BCUT2D eigenvalue weighted by atomic mass is 32.2. The van der Waals surface area contributed by atoms with Crippen molar-refractivity contribution in [1.82, 2.24) is 15.1 Å². The molecule has 1 aliphatic heterocycles. The van der Waals surface area contributed by atoms with Crippen molar-refractivity contribution in [3.05, 3.63) is 29.8 Å². The molecule has 2 amide bonds. The first kappa shape index (κ1) is 28.1. The van der Waals surface area contributed by atoms with Gasteiger partial charge in [0.05, 0.1) is 4.90 Å². The maximum atomic E-state index is 12.7. The molecule has 1 aromatic carbocycles. The molecule has 1 unspecified atom stereocenters. The van der Waals surface area contributed by atoms with Crippen molar-refractivity contribution in [3.63, 3.8) is 0 Å². The molecule has 1 aliphatic rings. The molecule has 2 rings (SSSR count). The van der Waals surface area contributed by atoms with Gasteiger partial charge in [-0.2, -0.15) is 13.2 Å². The first-order chi connectivity index (χ1) is 15.7. The molecule has 1 N–H and O–H groups in total. The maximum Gasteiger partial charge on any atom is 0.471 e. The lowest BCUT2D eigenvalue weighted by Crippen LogP contribution is -2.45. The van der Waals surface area contributed by atoms with E-state index in [9.17, 15) is 31.2 Å². The molecule has 192 valence electrons. The minimum Gasteiger partial charge on any atom is -0.341 e. The standard InChI is InChI=1S/C23H34F3N3O4S/c1-4-22(2,16-18-8-10-19(11-9-18)34(3,32)33)27-12-5-6-13-28-14-7-15-29(17-20(28)30)21(31)23(24,25)26/h8-11,27H,4-7,12-17H2,1-3H3. The number of hydrogen-bond acceptors (Lipinski definition) is 5. The second kappa shape index (κ2) is 11.5. The van der Waals surface area contributed by atoms with E-state index in [-0.39, 0.29) is 17.0 Å². The number of alkyl halides is 3. The Morgan fingerprint density at radius 3 is 2.32 bits per heavy atom. The number of benzene rings is 1. The van der Waals surface area contributed by atoms with Gasteiger partial charge in [0.1, 0.15) is 6.54 Å². The molecule has 1 atom stereocenters. The number of carbonyl (C=O) groups is 2. The van der Waals surface area contributed by atoms with Crippen LogP contribution in [0, 0.1) is 0 Å². The number of nitrogens with zero attached hydrogens (tertiary/aromatic N) is 2. The van der Waals surface area contributed by atoms with Crippen LogP contribution in [0.5, 0.6) is 0 Å².